The third-order valence-electron chi connectivity index (χ3n) is 5.54. The largest absolute Gasteiger partial charge is 0.453 e. The summed E-state index contributed by atoms with van der Waals surface area (Å²) in [5, 5.41) is 7.46. The number of benzene rings is 1. The number of aromatic nitrogens is 3. The van der Waals surface area contributed by atoms with Crippen LogP contribution < -0.4 is 14.8 Å². The van der Waals surface area contributed by atoms with E-state index in [1.165, 1.54) is 0 Å². The summed E-state index contributed by atoms with van der Waals surface area (Å²) in [5.74, 6) is 1.41. The lowest BCUT2D eigenvalue weighted by Crippen LogP contribution is -2.39. The Morgan fingerprint density at radius 2 is 2.07 bits per heavy atom. The van der Waals surface area contributed by atoms with Crippen molar-refractivity contribution in [1.29, 1.82) is 0 Å². The minimum atomic E-state index is -0.194. The van der Waals surface area contributed by atoms with E-state index in [1.807, 2.05) is 43.6 Å². The molecule has 2 aliphatic heterocycles. The molecular formula is C22H23N5O3. The number of nitrogens with one attached hydrogen (secondary N) is 1. The second-order valence-corrected chi connectivity index (χ2v) is 7.56. The van der Waals surface area contributed by atoms with Gasteiger partial charge < -0.3 is 14.8 Å². The van der Waals surface area contributed by atoms with Gasteiger partial charge in [0, 0.05) is 43.3 Å². The lowest BCUT2D eigenvalue weighted by atomic mass is 10.1. The average Bonchev–Trinajstić information content (AvgIpc) is 3.49. The van der Waals surface area contributed by atoms with Crippen molar-refractivity contribution in [2.24, 2.45) is 7.05 Å². The number of rotatable bonds is 5. The third kappa shape index (κ3) is 3.61. The fourth-order valence-corrected chi connectivity index (χ4v) is 4.03. The standard InChI is InChI=1S/C22H23N5O3/c1-26-12-9-17(25-26)15-4-6-16(7-5-15)24-22(28)19-3-2-11-27(19)13-18-21-20(8-10-23-18)29-14-30-21/h4-10,12,19H,2-3,11,13-14H2,1H3,(H,24,28)/t19-/m1/s1. The van der Waals surface area contributed by atoms with Crippen LogP contribution in [-0.4, -0.2) is 45.0 Å². The Hall–Kier alpha value is -3.39. The van der Waals surface area contributed by atoms with Crippen LogP contribution in [0.2, 0.25) is 0 Å². The Kier molecular flexibility index (Phi) is 4.84. The van der Waals surface area contributed by atoms with Gasteiger partial charge in [-0.25, -0.2) is 0 Å². The van der Waals surface area contributed by atoms with Crippen molar-refractivity contribution in [3.8, 4) is 22.8 Å². The van der Waals surface area contributed by atoms with Crippen LogP contribution in [0.3, 0.4) is 0 Å². The smallest absolute Gasteiger partial charge is 0.241 e. The monoisotopic (exact) mass is 405 g/mol. The maximum atomic E-state index is 13.0. The van der Waals surface area contributed by atoms with E-state index in [0.717, 1.165) is 42.0 Å². The van der Waals surface area contributed by atoms with Crippen molar-refractivity contribution in [1.82, 2.24) is 19.7 Å². The minimum Gasteiger partial charge on any atom is -0.453 e. The van der Waals surface area contributed by atoms with Crippen molar-refractivity contribution in [3.05, 3.63) is 54.5 Å². The van der Waals surface area contributed by atoms with Gasteiger partial charge in [0.1, 0.15) is 5.69 Å². The zero-order valence-electron chi connectivity index (χ0n) is 16.7. The molecule has 2 aromatic heterocycles. The molecule has 0 spiro atoms. The first-order valence-corrected chi connectivity index (χ1v) is 10.1. The predicted octanol–water partition coefficient (Wildman–Crippen LogP) is 2.81. The molecule has 0 saturated carbocycles. The van der Waals surface area contributed by atoms with Crippen molar-refractivity contribution >= 4 is 11.6 Å². The molecule has 1 N–H and O–H groups in total. The molecule has 0 bridgehead atoms. The molecule has 0 radical (unpaired) electrons. The molecule has 30 heavy (non-hydrogen) atoms. The fourth-order valence-electron chi connectivity index (χ4n) is 4.03. The summed E-state index contributed by atoms with van der Waals surface area (Å²) in [4.78, 5) is 19.6. The highest BCUT2D eigenvalue weighted by molar-refractivity contribution is 5.95. The highest BCUT2D eigenvalue weighted by Gasteiger charge is 2.32. The lowest BCUT2D eigenvalue weighted by Gasteiger charge is -2.23. The van der Waals surface area contributed by atoms with Gasteiger partial charge in [-0.2, -0.15) is 5.10 Å². The number of aryl methyl sites for hydroxylation is 1. The van der Waals surface area contributed by atoms with E-state index in [1.54, 1.807) is 16.9 Å². The molecular weight excluding hydrogens is 382 g/mol. The van der Waals surface area contributed by atoms with E-state index in [0.29, 0.717) is 18.0 Å². The molecule has 3 aromatic rings. The second kappa shape index (κ2) is 7.79. The van der Waals surface area contributed by atoms with Crippen LogP contribution in [0, 0.1) is 0 Å². The highest BCUT2D eigenvalue weighted by Crippen LogP contribution is 2.35. The Morgan fingerprint density at radius 1 is 1.20 bits per heavy atom. The Balaban J connectivity index is 1.26. The number of carbonyl (C=O) groups is 1. The molecule has 154 valence electrons. The van der Waals surface area contributed by atoms with E-state index in [4.69, 9.17) is 9.47 Å². The van der Waals surface area contributed by atoms with Crippen LogP contribution in [0.25, 0.3) is 11.3 Å². The van der Waals surface area contributed by atoms with Crippen LogP contribution in [-0.2, 0) is 18.4 Å². The SMILES string of the molecule is Cn1ccc(-c2ccc(NC(=O)[C@H]3CCCN3Cc3nccc4c3OCO4)cc2)n1. The summed E-state index contributed by atoms with van der Waals surface area (Å²) in [5.41, 5.74) is 3.51. The predicted molar refractivity (Wildman–Crippen MR) is 111 cm³/mol. The van der Waals surface area contributed by atoms with Crippen molar-refractivity contribution in [3.63, 3.8) is 0 Å². The number of hydrogen-bond donors (Lipinski definition) is 1. The van der Waals surface area contributed by atoms with E-state index < -0.39 is 0 Å². The van der Waals surface area contributed by atoms with E-state index in [9.17, 15) is 4.79 Å². The molecule has 0 aliphatic carbocycles. The molecule has 1 aromatic carbocycles. The highest BCUT2D eigenvalue weighted by atomic mass is 16.7. The topological polar surface area (TPSA) is 81.5 Å². The molecule has 0 unspecified atom stereocenters. The zero-order valence-corrected chi connectivity index (χ0v) is 16.7. The van der Waals surface area contributed by atoms with Gasteiger partial charge in [0.05, 0.1) is 11.7 Å². The lowest BCUT2D eigenvalue weighted by molar-refractivity contribution is -0.120. The molecule has 4 heterocycles. The van der Waals surface area contributed by atoms with Crippen LogP contribution in [0.4, 0.5) is 5.69 Å². The summed E-state index contributed by atoms with van der Waals surface area (Å²) < 4.78 is 12.8. The molecule has 8 heteroatoms. The molecule has 1 saturated heterocycles. The van der Waals surface area contributed by atoms with Crippen LogP contribution >= 0.6 is 0 Å². The summed E-state index contributed by atoms with van der Waals surface area (Å²) in [6.07, 6.45) is 5.43. The maximum absolute atomic E-state index is 13.0. The summed E-state index contributed by atoms with van der Waals surface area (Å²) in [6, 6.07) is 11.3. The quantitative estimate of drug-likeness (QED) is 0.703. The number of likely N-dealkylation sites (tertiary alicyclic amines) is 1. The van der Waals surface area contributed by atoms with Gasteiger partial charge in [0.25, 0.3) is 0 Å². The number of amides is 1. The maximum Gasteiger partial charge on any atom is 0.241 e. The van der Waals surface area contributed by atoms with Crippen molar-refractivity contribution < 1.29 is 14.3 Å². The molecule has 2 aliphatic rings. The van der Waals surface area contributed by atoms with Crippen molar-refractivity contribution in [2.75, 3.05) is 18.7 Å². The van der Waals surface area contributed by atoms with Gasteiger partial charge in [0.15, 0.2) is 11.5 Å². The molecule has 1 amide bonds. The first-order chi connectivity index (χ1) is 14.7. The number of anilines is 1. The van der Waals surface area contributed by atoms with Crippen molar-refractivity contribution in [2.45, 2.75) is 25.4 Å². The third-order valence-corrected chi connectivity index (χ3v) is 5.54. The summed E-state index contributed by atoms with van der Waals surface area (Å²) in [7, 11) is 1.89. The second-order valence-electron chi connectivity index (χ2n) is 7.56. The normalized spacial score (nSPS) is 18.0. The fraction of sp³-hybridized carbons (Fsp3) is 0.318. The minimum absolute atomic E-state index is 0.00262. The Bertz CT molecular complexity index is 1060. The molecule has 1 atom stereocenters. The molecule has 8 nitrogen and oxygen atoms in total. The van der Waals surface area contributed by atoms with Gasteiger partial charge in [-0.1, -0.05) is 12.1 Å². The van der Waals surface area contributed by atoms with E-state index in [-0.39, 0.29) is 18.7 Å². The molecule has 5 rings (SSSR count). The number of pyridine rings is 1. The number of carbonyl (C=O) groups excluding carboxylic acids is 1. The number of nitrogens with zero attached hydrogens (tertiary/aromatic N) is 4. The number of fused-ring (bicyclic) bond motifs is 1. The van der Waals surface area contributed by atoms with Gasteiger partial charge >= 0.3 is 0 Å². The molecule has 1 fully saturated rings. The van der Waals surface area contributed by atoms with E-state index >= 15 is 0 Å². The van der Waals surface area contributed by atoms with Gasteiger partial charge in [-0.15, -0.1) is 0 Å². The van der Waals surface area contributed by atoms with Crippen LogP contribution in [0.5, 0.6) is 11.5 Å². The van der Waals surface area contributed by atoms with Gasteiger partial charge in [-0.3, -0.25) is 19.4 Å². The first kappa shape index (κ1) is 18.6. The van der Waals surface area contributed by atoms with Crippen LogP contribution in [0.1, 0.15) is 18.5 Å². The average molecular weight is 405 g/mol. The summed E-state index contributed by atoms with van der Waals surface area (Å²) in [6.45, 7) is 1.62. The first-order valence-electron chi connectivity index (χ1n) is 10.1. The summed E-state index contributed by atoms with van der Waals surface area (Å²) >= 11 is 0. The van der Waals surface area contributed by atoms with Gasteiger partial charge in [-0.05, 0) is 37.6 Å². The Labute approximate surface area is 174 Å². The number of ether oxygens (including phenoxy) is 2. The Morgan fingerprint density at radius 3 is 2.87 bits per heavy atom. The van der Waals surface area contributed by atoms with Gasteiger partial charge in [0.2, 0.25) is 12.7 Å². The van der Waals surface area contributed by atoms with E-state index in [2.05, 4.69) is 20.3 Å². The zero-order chi connectivity index (χ0) is 20.5. The number of hydrogen-bond acceptors (Lipinski definition) is 6. The van der Waals surface area contributed by atoms with Crippen LogP contribution in [0.15, 0.2) is 48.8 Å².